The van der Waals surface area contributed by atoms with Gasteiger partial charge in [0.05, 0.1) is 16.3 Å². The van der Waals surface area contributed by atoms with Crippen molar-refractivity contribution in [1.82, 2.24) is 0 Å². The van der Waals surface area contributed by atoms with Gasteiger partial charge in [-0.25, -0.2) is 0 Å². The van der Waals surface area contributed by atoms with Crippen LogP contribution in [0.15, 0.2) is 52.7 Å². The van der Waals surface area contributed by atoms with Crippen LogP contribution in [0.4, 0.5) is 30.2 Å². The van der Waals surface area contributed by atoms with Gasteiger partial charge in [-0.15, -0.1) is 5.11 Å². The lowest BCUT2D eigenvalue weighted by atomic mass is 10.2. The molecule has 0 N–H and O–H groups in total. The second kappa shape index (κ2) is 6.36. The maximum atomic E-state index is 12.7. The second-order valence-corrected chi connectivity index (χ2v) is 5.18. The lowest BCUT2D eigenvalue weighted by Crippen LogP contribution is -2.07. The molecule has 0 aliphatic carbocycles. The number of hydrogen-bond acceptors (Lipinski definition) is 3. The SMILES string of the molecule is CN(C)c1ccc(N=Nc2cc(C(F)(F)F)ccc2Cl)cc1. The van der Waals surface area contributed by atoms with Gasteiger partial charge in [-0.3, -0.25) is 0 Å². The minimum absolute atomic E-state index is 0.0202. The first-order valence-electron chi connectivity index (χ1n) is 6.33. The summed E-state index contributed by atoms with van der Waals surface area (Å²) in [5.74, 6) is 0. The Morgan fingerprint density at radius 1 is 0.955 bits per heavy atom. The molecule has 0 aliphatic heterocycles. The summed E-state index contributed by atoms with van der Waals surface area (Å²) >= 11 is 5.85. The lowest BCUT2D eigenvalue weighted by Gasteiger charge is -2.11. The van der Waals surface area contributed by atoms with E-state index in [0.717, 1.165) is 23.9 Å². The zero-order valence-electron chi connectivity index (χ0n) is 11.9. The van der Waals surface area contributed by atoms with E-state index in [9.17, 15) is 13.2 Å². The topological polar surface area (TPSA) is 28.0 Å². The van der Waals surface area contributed by atoms with Crippen LogP contribution in [0.25, 0.3) is 0 Å². The van der Waals surface area contributed by atoms with Crippen LogP contribution in [-0.4, -0.2) is 14.1 Å². The highest BCUT2D eigenvalue weighted by Gasteiger charge is 2.30. The normalized spacial score (nSPS) is 11.9. The predicted molar refractivity (Wildman–Crippen MR) is 81.4 cm³/mol. The van der Waals surface area contributed by atoms with E-state index in [4.69, 9.17) is 11.6 Å². The number of azo groups is 1. The third kappa shape index (κ3) is 3.98. The van der Waals surface area contributed by atoms with Crippen LogP contribution in [0.5, 0.6) is 0 Å². The summed E-state index contributed by atoms with van der Waals surface area (Å²) < 4.78 is 38.0. The molecule has 0 aromatic heterocycles. The average molecular weight is 328 g/mol. The number of halogens is 4. The Morgan fingerprint density at radius 3 is 2.14 bits per heavy atom. The first-order valence-corrected chi connectivity index (χ1v) is 6.71. The fraction of sp³-hybridized carbons (Fsp3) is 0.200. The molecule has 22 heavy (non-hydrogen) atoms. The van der Waals surface area contributed by atoms with Crippen LogP contribution >= 0.6 is 11.6 Å². The Bertz CT molecular complexity index is 679. The number of hydrogen-bond donors (Lipinski definition) is 0. The van der Waals surface area contributed by atoms with Gasteiger partial charge < -0.3 is 4.90 Å². The third-order valence-corrected chi connectivity index (χ3v) is 3.23. The molecule has 0 radical (unpaired) electrons. The summed E-state index contributed by atoms with van der Waals surface area (Å²) in [6.07, 6.45) is -4.44. The Balaban J connectivity index is 2.26. The maximum absolute atomic E-state index is 12.7. The molecule has 0 atom stereocenters. The molecule has 0 saturated carbocycles. The van der Waals surface area contributed by atoms with E-state index >= 15 is 0 Å². The van der Waals surface area contributed by atoms with Crippen LogP contribution in [0.2, 0.25) is 5.02 Å². The molecule has 0 amide bonds. The molecule has 0 aliphatic rings. The van der Waals surface area contributed by atoms with Gasteiger partial charge in [0, 0.05) is 19.8 Å². The molecule has 0 unspecified atom stereocenters. The van der Waals surface area contributed by atoms with Crippen LogP contribution in [0.3, 0.4) is 0 Å². The fourth-order valence-corrected chi connectivity index (χ4v) is 1.85. The Kier molecular flexibility index (Phi) is 4.71. The minimum atomic E-state index is -4.44. The van der Waals surface area contributed by atoms with E-state index in [1.165, 1.54) is 0 Å². The lowest BCUT2D eigenvalue weighted by molar-refractivity contribution is -0.137. The molecule has 116 valence electrons. The summed E-state index contributed by atoms with van der Waals surface area (Å²) in [6.45, 7) is 0. The van der Waals surface area contributed by atoms with Gasteiger partial charge in [-0.05, 0) is 42.5 Å². The number of benzene rings is 2. The van der Waals surface area contributed by atoms with E-state index in [1.54, 1.807) is 12.1 Å². The molecule has 0 fully saturated rings. The maximum Gasteiger partial charge on any atom is 0.416 e. The van der Waals surface area contributed by atoms with Crippen LogP contribution in [-0.2, 0) is 6.18 Å². The van der Waals surface area contributed by atoms with Crippen molar-refractivity contribution in [2.45, 2.75) is 6.18 Å². The van der Waals surface area contributed by atoms with Gasteiger partial charge in [-0.2, -0.15) is 18.3 Å². The van der Waals surface area contributed by atoms with E-state index in [2.05, 4.69) is 10.2 Å². The van der Waals surface area contributed by atoms with Crippen molar-refractivity contribution in [1.29, 1.82) is 0 Å². The highest BCUT2D eigenvalue weighted by molar-refractivity contribution is 6.32. The average Bonchev–Trinajstić information content (AvgIpc) is 2.45. The zero-order chi connectivity index (χ0) is 16.3. The van der Waals surface area contributed by atoms with Crippen molar-refractivity contribution < 1.29 is 13.2 Å². The quantitative estimate of drug-likeness (QED) is 0.651. The van der Waals surface area contributed by atoms with Crippen molar-refractivity contribution in [2.24, 2.45) is 10.2 Å². The first-order chi connectivity index (χ1) is 10.3. The van der Waals surface area contributed by atoms with Gasteiger partial charge in [0.15, 0.2) is 0 Å². The van der Waals surface area contributed by atoms with Gasteiger partial charge in [0.2, 0.25) is 0 Å². The minimum Gasteiger partial charge on any atom is -0.378 e. The highest BCUT2D eigenvalue weighted by atomic mass is 35.5. The molecule has 2 aromatic rings. The molecule has 7 heteroatoms. The van der Waals surface area contributed by atoms with Crippen molar-refractivity contribution in [3.63, 3.8) is 0 Å². The Morgan fingerprint density at radius 2 is 1.59 bits per heavy atom. The van der Waals surface area contributed by atoms with Gasteiger partial charge in [0.1, 0.15) is 5.69 Å². The third-order valence-electron chi connectivity index (χ3n) is 2.91. The number of rotatable bonds is 3. The monoisotopic (exact) mass is 327 g/mol. The van der Waals surface area contributed by atoms with E-state index in [1.807, 2.05) is 31.1 Å². The summed E-state index contributed by atoms with van der Waals surface area (Å²) in [6, 6.07) is 10.1. The largest absolute Gasteiger partial charge is 0.416 e. The predicted octanol–water partition coefficient (Wildman–Crippen LogP) is 5.84. The first kappa shape index (κ1) is 16.3. The number of anilines is 1. The van der Waals surface area contributed by atoms with Crippen LogP contribution in [0, 0.1) is 0 Å². The van der Waals surface area contributed by atoms with E-state index in [-0.39, 0.29) is 10.7 Å². The molecular formula is C15H13ClF3N3. The van der Waals surface area contributed by atoms with Crippen LogP contribution < -0.4 is 4.90 Å². The Hall–Kier alpha value is -2.08. The van der Waals surface area contributed by atoms with E-state index < -0.39 is 11.7 Å². The summed E-state index contributed by atoms with van der Waals surface area (Å²) in [4.78, 5) is 1.92. The molecule has 0 heterocycles. The summed E-state index contributed by atoms with van der Waals surface area (Å²) in [7, 11) is 3.80. The molecule has 2 rings (SSSR count). The smallest absolute Gasteiger partial charge is 0.378 e. The van der Waals surface area contributed by atoms with Crippen LogP contribution in [0.1, 0.15) is 5.56 Å². The number of alkyl halides is 3. The molecule has 0 bridgehead atoms. The molecule has 0 saturated heterocycles. The molecule has 2 aromatic carbocycles. The summed E-state index contributed by atoms with van der Waals surface area (Å²) in [5, 5.41) is 7.83. The molecule has 0 spiro atoms. The molecular weight excluding hydrogens is 315 g/mol. The second-order valence-electron chi connectivity index (χ2n) is 4.77. The molecule has 3 nitrogen and oxygen atoms in total. The van der Waals surface area contributed by atoms with Crippen molar-refractivity contribution >= 4 is 28.7 Å². The van der Waals surface area contributed by atoms with Gasteiger partial charge >= 0.3 is 6.18 Å². The highest BCUT2D eigenvalue weighted by Crippen LogP contribution is 2.35. The van der Waals surface area contributed by atoms with Crippen molar-refractivity contribution in [3.8, 4) is 0 Å². The van der Waals surface area contributed by atoms with Gasteiger partial charge in [-0.1, -0.05) is 11.6 Å². The fourth-order valence-electron chi connectivity index (χ4n) is 1.69. The van der Waals surface area contributed by atoms with Crippen molar-refractivity contribution in [3.05, 3.63) is 53.1 Å². The van der Waals surface area contributed by atoms with E-state index in [0.29, 0.717) is 5.69 Å². The standard InChI is InChI=1S/C15H13ClF3N3/c1-22(2)12-6-4-11(5-7-12)20-21-14-9-10(15(17,18)19)3-8-13(14)16/h3-9H,1-2H3. The zero-order valence-corrected chi connectivity index (χ0v) is 12.7. The Labute approximate surface area is 131 Å². The summed E-state index contributed by atoms with van der Waals surface area (Å²) in [5.41, 5.74) is 0.678. The van der Waals surface area contributed by atoms with Gasteiger partial charge in [0.25, 0.3) is 0 Å². The van der Waals surface area contributed by atoms with Crippen molar-refractivity contribution in [2.75, 3.05) is 19.0 Å². The number of nitrogens with zero attached hydrogens (tertiary/aromatic N) is 3.